The maximum absolute atomic E-state index is 12.3. The monoisotopic (exact) mass is 295 g/mol. The molecule has 0 aliphatic carbocycles. The third-order valence-electron chi connectivity index (χ3n) is 2.51. The van der Waals surface area contributed by atoms with Crippen molar-refractivity contribution in [1.82, 2.24) is 4.31 Å². The lowest BCUT2D eigenvalue weighted by atomic mass is 10.2. The quantitative estimate of drug-likeness (QED) is 0.714. The molecule has 0 aliphatic rings. The summed E-state index contributed by atoms with van der Waals surface area (Å²) in [5.74, 6) is 4.79. The van der Waals surface area contributed by atoms with Crippen LogP contribution in [0.1, 0.15) is 12.5 Å². The third-order valence-corrected chi connectivity index (χ3v) is 4.45. The molecule has 0 radical (unpaired) electrons. The summed E-state index contributed by atoms with van der Waals surface area (Å²) in [5, 5.41) is 0. The number of nitrogens with zero attached hydrogens (tertiary/aromatic N) is 1. The highest BCUT2D eigenvalue weighted by Gasteiger charge is 2.24. The van der Waals surface area contributed by atoms with Gasteiger partial charge < -0.3 is 11.5 Å². The minimum absolute atomic E-state index is 0.0962. The van der Waals surface area contributed by atoms with E-state index in [0.717, 1.165) is 4.31 Å². The second-order valence-corrected chi connectivity index (χ2v) is 5.87. The minimum Gasteiger partial charge on any atom is -0.369 e. The Kier molecular flexibility index (Phi) is 5.70. The summed E-state index contributed by atoms with van der Waals surface area (Å²) in [6, 6.07) is 6.07. The largest absolute Gasteiger partial charge is 0.369 e. The lowest BCUT2D eigenvalue weighted by molar-refractivity contribution is -0.118. The molecule has 0 atom stereocenters. The van der Waals surface area contributed by atoms with E-state index in [1.807, 2.05) is 0 Å². The number of amides is 1. The molecule has 1 rings (SSSR count). The fraction of sp³-hybridized carbons (Fsp3) is 0.308. The topological polar surface area (TPSA) is 106 Å². The lowest BCUT2D eigenvalue weighted by Crippen LogP contribution is -2.38. The molecule has 0 spiro atoms. The van der Waals surface area contributed by atoms with E-state index < -0.39 is 15.9 Å². The minimum atomic E-state index is -3.72. The van der Waals surface area contributed by atoms with E-state index in [2.05, 4.69) is 11.8 Å². The van der Waals surface area contributed by atoms with Crippen molar-refractivity contribution >= 4 is 15.9 Å². The van der Waals surface area contributed by atoms with Crippen LogP contribution in [0.4, 0.5) is 0 Å². The van der Waals surface area contributed by atoms with Crippen LogP contribution in [0.2, 0.25) is 0 Å². The first kappa shape index (κ1) is 16.2. The number of nitrogens with two attached hydrogens (primary N) is 2. The van der Waals surface area contributed by atoms with Crippen LogP contribution in [0.25, 0.3) is 0 Å². The maximum atomic E-state index is 12.3. The summed E-state index contributed by atoms with van der Waals surface area (Å²) >= 11 is 0. The Morgan fingerprint density at radius 3 is 2.35 bits per heavy atom. The molecule has 0 fully saturated rings. The van der Waals surface area contributed by atoms with E-state index in [-0.39, 0.29) is 24.5 Å². The number of rotatable bonds is 5. The molecule has 0 bridgehead atoms. The van der Waals surface area contributed by atoms with Crippen LogP contribution in [0.3, 0.4) is 0 Å². The molecule has 1 aromatic rings. The first-order chi connectivity index (χ1) is 9.41. The predicted octanol–water partition coefficient (Wildman–Crippen LogP) is -0.507. The molecule has 1 amide bonds. The Balaban J connectivity index is 3.05. The third kappa shape index (κ3) is 4.06. The molecule has 20 heavy (non-hydrogen) atoms. The van der Waals surface area contributed by atoms with Gasteiger partial charge in [-0.2, -0.15) is 4.31 Å². The summed E-state index contributed by atoms with van der Waals surface area (Å²) < 4.78 is 25.6. The van der Waals surface area contributed by atoms with Gasteiger partial charge in [-0.05, 0) is 24.3 Å². The first-order valence-corrected chi connectivity index (χ1v) is 7.43. The molecule has 7 heteroatoms. The van der Waals surface area contributed by atoms with Crippen molar-refractivity contribution in [2.75, 3.05) is 19.6 Å². The van der Waals surface area contributed by atoms with Gasteiger partial charge in [-0.3, -0.25) is 4.79 Å². The highest BCUT2D eigenvalue weighted by atomic mass is 32.2. The van der Waals surface area contributed by atoms with Gasteiger partial charge >= 0.3 is 0 Å². The van der Waals surface area contributed by atoms with Gasteiger partial charge in [0.15, 0.2) is 0 Å². The smallest absolute Gasteiger partial charge is 0.243 e. The lowest BCUT2D eigenvalue weighted by Gasteiger charge is -2.18. The predicted molar refractivity (Wildman–Crippen MR) is 76.0 cm³/mol. The van der Waals surface area contributed by atoms with Crippen molar-refractivity contribution in [1.29, 1.82) is 0 Å². The molecular weight excluding hydrogens is 278 g/mol. The molecule has 1 aromatic carbocycles. The van der Waals surface area contributed by atoms with Crippen LogP contribution in [-0.2, 0) is 14.8 Å². The fourth-order valence-electron chi connectivity index (χ4n) is 1.55. The summed E-state index contributed by atoms with van der Waals surface area (Å²) in [6.07, 6.45) is 0. The highest BCUT2D eigenvalue weighted by molar-refractivity contribution is 7.89. The average Bonchev–Trinajstić information content (AvgIpc) is 2.42. The summed E-state index contributed by atoms with van der Waals surface area (Å²) in [5.41, 5.74) is 11.0. The SMILES string of the molecule is CCN(CC(N)=O)S(=O)(=O)c1ccc(C#CCN)cc1. The number of sulfonamides is 1. The normalized spacial score (nSPS) is 10.9. The van der Waals surface area contributed by atoms with E-state index in [4.69, 9.17) is 11.5 Å². The number of hydrogen-bond donors (Lipinski definition) is 2. The number of likely N-dealkylation sites (N-methyl/N-ethyl adjacent to an activating group) is 1. The molecule has 4 N–H and O–H groups in total. The van der Waals surface area contributed by atoms with Crippen LogP contribution in [0.5, 0.6) is 0 Å². The summed E-state index contributed by atoms with van der Waals surface area (Å²) in [4.78, 5) is 11.0. The van der Waals surface area contributed by atoms with Crippen molar-refractivity contribution in [3.8, 4) is 11.8 Å². The molecule has 0 heterocycles. The molecule has 0 aliphatic heterocycles. The van der Waals surface area contributed by atoms with Gasteiger partial charge in [0.1, 0.15) is 0 Å². The number of benzene rings is 1. The molecule has 108 valence electrons. The zero-order valence-electron chi connectivity index (χ0n) is 11.2. The van der Waals surface area contributed by atoms with E-state index >= 15 is 0 Å². The molecule has 0 aromatic heterocycles. The Bertz CT molecular complexity index is 627. The Morgan fingerprint density at radius 2 is 1.90 bits per heavy atom. The van der Waals surface area contributed by atoms with Crippen LogP contribution < -0.4 is 11.5 Å². The number of primary amides is 1. The zero-order valence-corrected chi connectivity index (χ0v) is 12.0. The molecule has 0 saturated carbocycles. The van der Waals surface area contributed by atoms with Crippen molar-refractivity contribution in [3.63, 3.8) is 0 Å². The molecule has 0 unspecified atom stereocenters. The van der Waals surface area contributed by atoms with Crippen molar-refractivity contribution < 1.29 is 13.2 Å². The van der Waals surface area contributed by atoms with Crippen LogP contribution in [0, 0.1) is 11.8 Å². The first-order valence-electron chi connectivity index (χ1n) is 5.99. The molecular formula is C13H17N3O3S. The Hall–Kier alpha value is -1.88. The van der Waals surface area contributed by atoms with E-state index in [9.17, 15) is 13.2 Å². The van der Waals surface area contributed by atoms with Crippen LogP contribution in [-0.4, -0.2) is 38.3 Å². The highest BCUT2D eigenvalue weighted by Crippen LogP contribution is 2.15. The fourth-order valence-corrected chi connectivity index (χ4v) is 2.97. The number of carbonyl (C=O) groups is 1. The standard InChI is InChI=1S/C13H17N3O3S/c1-2-16(10-13(15)17)20(18,19)12-7-5-11(6-8-12)4-3-9-14/h5-8H,2,9-10,14H2,1H3,(H2,15,17). The van der Waals surface area contributed by atoms with E-state index in [1.54, 1.807) is 19.1 Å². The number of hydrogen-bond acceptors (Lipinski definition) is 4. The van der Waals surface area contributed by atoms with E-state index in [0.29, 0.717) is 5.56 Å². The van der Waals surface area contributed by atoms with E-state index in [1.165, 1.54) is 12.1 Å². The maximum Gasteiger partial charge on any atom is 0.243 e. The van der Waals surface area contributed by atoms with Crippen molar-refractivity contribution in [2.45, 2.75) is 11.8 Å². The Labute approximate surface area is 118 Å². The number of carbonyl (C=O) groups excluding carboxylic acids is 1. The van der Waals surface area contributed by atoms with Gasteiger partial charge in [-0.15, -0.1) is 0 Å². The van der Waals surface area contributed by atoms with Gasteiger partial charge in [-0.25, -0.2) is 8.42 Å². The zero-order chi connectivity index (χ0) is 15.2. The molecule has 0 saturated heterocycles. The summed E-state index contributed by atoms with van der Waals surface area (Å²) in [6.45, 7) is 1.71. The van der Waals surface area contributed by atoms with Crippen molar-refractivity contribution in [3.05, 3.63) is 29.8 Å². The van der Waals surface area contributed by atoms with Crippen LogP contribution >= 0.6 is 0 Å². The second-order valence-electron chi connectivity index (χ2n) is 3.93. The van der Waals surface area contributed by atoms with Gasteiger partial charge in [0.2, 0.25) is 15.9 Å². The van der Waals surface area contributed by atoms with Gasteiger partial charge in [0, 0.05) is 12.1 Å². The van der Waals surface area contributed by atoms with Crippen LogP contribution in [0.15, 0.2) is 29.2 Å². The second kappa shape index (κ2) is 7.05. The van der Waals surface area contributed by atoms with Gasteiger partial charge in [-0.1, -0.05) is 18.8 Å². The average molecular weight is 295 g/mol. The van der Waals surface area contributed by atoms with Crippen molar-refractivity contribution in [2.24, 2.45) is 11.5 Å². The van der Waals surface area contributed by atoms with Gasteiger partial charge in [0.25, 0.3) is 0 Å². The Morgan fingerprint density at radius 1 is 1.30 bits per heavy atom. The summed E-state index contributed by atoms with van der Waals surface area (Å²) in [7, 11) is -3.72. The molecule has 6 nitrogen and oxygen atoms in total. The van der Waals surface area contributed by atoms with Gasteiger partial charge in [0.05, 0.1) is 18.0 Å².